The smallest absolute Gasteiger partial charge is 0.272 e. The quantitative estimate of drug-likeness (QED) is 0.608. The zero-order chi connectivity index (χ0) is 14.4. The normalized spacial score (nSPS) is 11.3. The van der Waals surface area contributed by atoms with Crippen LogP contribution in [-0.4, -0.2) is 34.1 Å². The number of hydrogen-bond donors (Lipinski definition) is 1. The van der Waals surface area contributed by atoms with Crippen LogP contribution < -0.4 is 0 Å². The van der Waals surface area contributed by atoms with Crippen molar-refractivity contribution in [3.05, 3.63) is 39.4 Å². The predicted octanol–water partition coefficient (Wildman–Crippen LogP) is 2.50. The summed E-state index contributed by atoms with van der Waals surface area (Å²) in [5.74, 6) is 0. The van der Waals surface area contributed by atoms with E-state index in [2.05, 4.69) is 18.7 Å². The zero-order valence-corrected chi connectivity index (χ0v) is 11.8. The van der Waals surface area contributed by atoms with Crippen molar-refractivity contribution in [2.75, 3.05) is 13.2 Å². The molecule has 106 valence electrons. The first kappa shape index (κ1) is 15.6. The van der Waals surface area contributed by atoms with E-state index in [4.69, 9.17) is 5.11 Å². The van der Waals surface area contributed by atoms with Gasteiger partial charge in [0.25, 0.3) is 5.69 Å². The van der Waals surface area contributed by atoms with Crippen LogP contribution >= 0.6 is 0 Å². The lowest BCUT2D eigenvalue weighted by molar-refractivity contribution is -0.385. The van der Waals surface area contributed by atoms with E-state index in [9.17, 15) is 10.1 Å². The molecule has 0 fully saturated rings. The van der Waals surface area contributed by atoms with Gasteiger partial charge in [-0.05, 0) is 32.8 Å². The number of hydrogen-bond acceptors (Lipinski definition) is 4. The molecule has 0 radical (unpaired) electrons. The molecule has 0 aromatic heterocycles. The maximum atomic E-state index is 10.9. The summed E-state index contributed by atoms with van der Waals surface area (Å²) in [6.45, 7) is 7.59. The minimum atomic E-state index is -0.341. The Labute approximate surface area is 114 Å². The first-order valence-corrected chi connectivity index (χ1v) is 6.55. The number of nitro benzene ring substituents is 1. The van der Waals surface area contributed by atoms with Crippen molar-refractivity contribution in [3.8, 4) is 0 Å². The van der Waals surface area contributed by atoms with Gasteiger partial charge in [0, 0.05) is 37.4 Å². The van der Waals surface area contributed by atoms with Gasteiger partial charge >= 0.3 is 0 Å². The van der Waals surface area contributed by atoms with Crippen molar-refractivity contribution < 1.29 is 10.0 Å². The number of nitrogens with zero attached hydrogens (tertiary/aromatic N) is 2. The molecule has 0 saturated carbocycles. The molecule has 1 N–H and O–H groups in total. The highest BCUT2D eigenvalue weighted by Crippen LogP contribution is 2.22. The van der Waals surface area contributed by atoms with Crippen LogP contribution in [0.1, 0.15) is 31.4 Å². The molecule has 5 heteroatoms. The van der Waals surface area contributed by atoms with Crippen LogP contribution in [0.2, 0.25) is 0 Å². The van der Waals surface area contributed by atoms with Crippen molar-refractivity contribution >= 4 is 5.69 Å². The van der Waals surface area contributed by atoms with Crippen LogP contribution in [-0.2, 0) is 6.54 Å². The summed E-state index contributed by atoms with van der Waals surface area (Å²) in [7, 11) is 0. The van der Waals surface area contributed by atoms with E-state index in [-0.39, 0.29) is 17.2 Å². The van der Waals surface area contributed by atoms with Crippen molar-refractivity contribution in [3.63, 3.8) is 0 Å². The van der Waals surface area contributed by atoms with Crippen LogP contribution in [0.3, 0.4) is 0 Å². The standard InChI is InChI=1S/C14H22N2O3/c1-11(2)15(8-5-9-17)10-13-6-4-7-14(12(13)3)16(18)19/h4,6-7,11,17H,5,8-10H2,1-3H3. The summed E-state index contributed by atoms with van der Waals surface area (Å²) in [4.78, 5) is 12.8. The fourth-order valence-corrected chi connectivity index (χ4v) is 2.05. The van der Waals surface area contributed by atoms with Crippen molar-refractivity contribution in [1.29, 1.82) is 0 Å². The van der Waals surface area contributed by atoms with Gasteiger partial charge in [0.15, 0.2) is 0 Å². The van der Waals surface area contributed by atoms with Gasteiger partial charge in [-0.15, -0.1) is 0 Å². The minimum absolute atomic E-state index is 0.164. The molecule has 0 unspecified atom stereocenters. The zero-order valence-electron chi connectivity index (χ0n) is 11.8. The molecule has 5 nitrogen and oxygen atoms in total. The fraction of sp³-hybridized carbons (Fsp3) is 0.571. The summed E-state index contributed by atoms with van der Waals surface area (Å²) in [6, 6.07) is 5.53. The minimum Gasteiger partial charge on any atom is -0.396 e. The van der Waals surface area contributed by atoms with Crippen LogP contribution in [0.4, 0.5) is 5.69 Å². The molecule has 0 aliphatic heterocycles. The number of aliphatic hydroxyl groups is 1. The number of benzene rings is 1. The van der Waals surface area contributed by atoms with Crippen molar-refractivity contribution in [2.24, 2.45) is 0 Å². The second-order valence-electron chi connectivity index (χ2n) is 4.96. The number of rotatable bonds is 7. The maximum absolute atomic E-state index is 10.9. The SMILES string of the molecule is Cc1c(CN(CCCO)C(C)C)cccc1[N+](=O)[O-]. The van der Waals surface area contributed by atoms with E-state index in [1.54, 1.807) is 13.0 Å². The average Bonchev–Trinajstić information content (AvgIpc) is 2.35. The summed E-state index contributed by atoms with van der Waals surface area (Å²) < 4.78 is 0. The Kier molecular flexibility index (Phi) is 5.92. The molecule has 0 atom stereocenters. The van der Waals surface area contributed by atoms with Crippen LogP contribution in [0.15, 0.2) is 18.2 Å². The Morgan fingerprint density at radius 1 is 1.42 bits per heavy atom. The lowest BCUT2D eigenvalue weighted by Crippen LogP contribution is -2.32. The van der Waals surface area contributed by atoms with Crippen molar-refractivity contribution in [1.82, 2.24) is 4.90 Å². The Morgan fingerprint density at radius 2 is 2.11 bits per heavy atom. The van der Waals surface area contributed by atoms with Gasteiger partial charge < -0.3 is 5.11 Å². The van der Waals surface area contributed by atoms with E-state index >= 15 is 0 Å². The van der Waals surface area contributed by atoms with Crippen LogP contribution in [0.25, 0.3) is 0 Å². The molecule has 0 spiro atoms. The summed E-state index contributed by atoms with van der Waals surface area (Å²) >= 11 is 0. The topological polar surface area (TPSA) is 66.6 Å². The van der Waals surface area contributed by atoms with E-state index in [0.717, 1.165) is 17.7 Å². The van der Waals surface area contributed by atoms with E-state index < -0.39 is 0 Å². The lowest BCUT2D eigenvalue weighted by atomic mass is 10.1. The largest absolute Gasteiger partial charge is 0.396 e. The highest BCUT2D eigenvalue weighted by Gasteiger charge is 2.16. The van der Waals surface area contributed by atoms with Gasteiger partial charge in [-0.3, -0.25) is 15.0 Å². The highest BCUT2D eigenvalue weighted by atomic mass is 16.6. The molecule has 0 aliphatic carbocycles. The first-order chi connectivity index (χ1) is 8.97. The van der Waals surface area contributed by atoms with Gasteiger partial charge in [-0.25, -0.2) is 0 Å². The van der Waals surface area contributed by atoms with Gasteiger partial charge in [-0.2, -0.15) is 0 Å². The van der Waals surface area contributed by atoms with E-state index in [0.29, 0.717) is 19.0 Å². The molecule has 19 heavy (non-hydrogen) atoms. The second kappa shape index (κ2) is 7.21. The maximum Gasteiger partial charge on any atom is 0.272 e. The molecule has 0 bridgehead atoms. The van der Waals surface area contributed by atoms with Crippen LogP contribution in [0, 0.1) is 17.0 Å². The number of nitro groups is 1. The first-order valence-electron chi connectivity index (χ1n) is 6.55. The molecule has 0 saturated heterocycles. The molecule has 0 heterocycles. The molecule has 1 rings (SSSR count). The number of aliphatic hydroxyl groups excluding tert-OH is 1. The second-order valence-corrected chi connectivity index (χ2v) is 4.96. The molecule has 1 aromatic rings. The Balaban J connectivity index is 2.90. The van der Waals surface area contributed by atoms with E-state index in [1.165, 1.54) is 6.07 Å². The van der Waals surface area contributed by atoms with Crippen molar-refractivity contribution in [2.45, 2.75) is 39.8 Å². The fourth-order valence-electron chi connectivity index (χ4n) is 2.05. The van der Waals surface area contributed by atoms with Gasteiger partial charge in [0.05, 0.1) is 4.92 Å². The molecule has 1 aromatic carbocycles. The third-order valence-electron chi connectivity index (χ3n) is 3.32. The van der Waals surface area contributed by atoms with Gasteiger partial charge in [0.2, 0.25) is 0 Å². The monoisotopic (exact) mass is 266 g/mol. The Bertz CT molecular complexity index is 433. The average molecular weight is 266 g/mol. The highest BCUT2D eigenvalue weighted by molar-refractivity contribution is 5.44. The van der Waals surface area contributed by atoms with E-state index in [1.807, 2.05) is 6.07 Å². The predicted molar refractivity (Wildman–Crippen MR) is 75.1 cm³/mol. The summed E-state index contributed by atoms with van der Waals surface area (Å²) in [5.41, 5.74) is 1.87. The summed E-state index contributed by atoms with van der Waals surface area (Å²) in [5, 5.41) is 19.8. The van der Waals surface area contributed by atoms with Gasteiger partial charge in [-0.1, -0.05) is 12.1 Å². The Hall–Kier alpha value is -1.46. The molecular formula is C14H22N2O3. The molecule has 0 amide bonds. The third-order valence-corrected chi connectivity index (χ3v) is 3.32. The summed E-state index contributed by atoms with van der Waals surface area (Å²) in [6.07, 6.45) is 0.714. The molecular weight excluding hydrogens is 244 g/mol. The lowest BCUT2D eigenvalue weighted by Gasteiger charge is -2.26. The molecule has 0 aliphatic rings. The third kappa shape index (κ3) is 4.29. The van der Waals surface area contributed by atoms with Gasteiger partial charge in [0.1, 0.15) is 0 Å². The van der Waals surface area contributed by atoms with Crippen LogP contribution in [0.5, 0.6) is 0 Å². The Morgan fingerprint density at radius 3 is 2.63 bits per heavy atom.